The Morgan fingerprint density at radius 1 is 1.40 bits per heavy atom. The number of carbonyl (C=O) groups excluding carboxylic acids is 1. The predicted molar refractivity (Wildman–Crippen MR) is 77.9 cm³/mol. The molecule has 1 saturated heterocycles. The fraction of sp³-hybridized carbons (Fsp3) is 0.562. The molecule has 0 aliphatic carbocycles. The van der Waals surface area contributed by atoms with Crippen LogP contribution < -0.4 is 4.74 Å². The summed E-state index contributed by atoms with van der Waals surface area (Å²) in [6, 6.07) is 8.03. The molecule has 1 amide bonds. The Morgan fingerprint density at radius 2 is 2.20 bits per heavy atom. The summed E-state index contributed by atoms with van der Waals surface area (Å²) < 4.78 is 10.8. The van der Waals surface area contributed by atoms with Crippen LogP contribution in [-0.2, 0) is 9.53 Å². The number of ether oxygens (including phenoxy) is 2. The molecule has 0 spiro atoms. The molecule has 1 aliphatic heterocycles. The number of methoxy groups -OCH3 is 1. The first-order chi connectivity index (χ1) is 9.70. The minimum atomic E-state index is 0.0769. The van der Waals surface area contributed by atoms with Gasteiger partial charge in [-0.15, -0.1) is 0 Å². The summed E-state index contributed by atoms with van der Waals surface area (Å²) in [5.74, 6) is 1.42. The molecule has 0 unspecified atom stereocenters. The van der Waals surface area contributed by atoms with Crippen molar-refractivity contribution < 1.29 is 14.3 Å². The average molecular weight is 277 g/mol. The zero-order chi connectivity index (χ0) is 14.4. The van der Waals surface area contributed by atoms with E-state index < -0.39 is 0 Å². The number of hydrogen-bond acceptors (Lipinski definition) is 3. The monoisotopic (exact) mass is 277 g/mol. The topological polar surface area (TPSA) is 38.8 Å². The number of rotatable bonds is 5. The third-order valence-electron chi connectivity index (χ3n) is 3.71. The summed E-state index contributed by atoms with van der Waals surface area (Å²) in [5, 5.41) is 0. The summed E-state index contributed by atoms with van der Waals surface area (Å²) in [6.45, 7) is 4.49. The van der Waals surface area contributed by atoms with Crippen molar-refractivity contribution in [2.24, 2.45) is 5.92 Å². The lowest BCUT2D eigenvalue weighted by Crippen LogP contribution is -2.43. The molecule has 1 heterocycles. The molecule has 0 saturated carbocycles. The lowest BCUT2D eigenvalue weighted by Gasteiger charge is -2.32. The Balaban J connectivity index is 1.84. The van der Waals surface area contributed by atoms with Gasteiger partial charge in [0.2, 0.25) is 5.91 Å². The standard InChI is InChI=1S/C16H23NO3/c1-13-6-3-4-8-15(13)20-11-14-7-5-9-17(10-14)16(18)12-19-2/h3-4,6,8,14H,5,7,9-12H2,1-2H3/t14-/m1/s1. The second-order valence-electron chi connectivity index (χ2n) is 5.36. The van der Waals surface area contributed by atoms with Crippen LogP contribution in [-0.4, -0.2) is 44.2 Å². The number of aryl methyl sites for hydroxylation is 1. The number of amides is 1. The number of carbonyl (C=O) groups is 1. The Kier molecular flexibility index (Phi) is 5.41. The van der Waals surface area contributed by atoms with Crippen molar-refractivity contribution in [2.45, 2.75) is 19.8 Å². The van der Waals surface area contributed by atoms with Gasteiger partial charge >= 0.3 is 0 Å². The van der Waals surface area contributed by atoms with Crippen LogP contribution in [0.3, 0.4) is 0 Å². The summed E-state index contributed by atoms with van der Waals surface area (Å²) in [5.41, 5.74) is 1.15. The minimum Gasteiger partial charge on any atom is -0.493 e. The molecular weight excluding hydrogens is 254 g/mol. The number of hydrogen-bond donors (Lipinski definition) is 0. The van der Waals surface area contributed by atoms with Crippen LogP contribution >= 0.6 is 0 Å². The van der Waals surface area contributed by atoms with E-state index >= 15 is 0 Å². The van der Waals surface area contributed by atoms with Crippen LogP contribution in [0.15, 0.2) is 24.3 Å². The fourth-order valence-corrected chi connectivity index (χ4v) is 2.57. The van der Waals surface area contributed by atoms with Gasteiger partial charge < -0.3 is 14.4 Å². The highest BCUT2D eigenvalue weighted by Crippen LogP contribution is 2.21. The Labute approximate surface area is 120 Å². The highest BCUT2D eigenvalue weighted by Gasteiger charge is 2.23. The summed E-state index contributed by atoms with van der Waals surface area (Å²) in [4.78, 5) is 13.7. The molecule has 1 aromatic rings. The van der Waals surface area contributed by atoms with Crippen LogP contribution in [0.25, 0.3) is 0 Å². The first-order valence-electron chi connectivity index (χ1n) is 7.16. The smallest absolute Gasteiger partial charge is 0.248 e. The van der Waals surface area contributed by atoms with Crippen LogP contribution in [0, 0.1) is 12.8 Å². The van der Waals surface area contributed by atoms with E-state index in [-0.39, 0.29) is 12.5 Å². The number of para-hydroxylation sites is 1. The molecule has 1 aliphatic rings. The SMILES string of the molecule is COCC(=O)N1CCC[C@@H](COc2ccccc2C)C1. The van der Waals surface area contributed by atoms with Crippen molar-refractivity contribution in [2.75, 3.05) is 33.4 Å². The lowest BCUT2D eigenvalue weighted by atomic mass is 9.99. The van der Waals surface area contributed by atoms with Crippen LogP contribution in [0.4, 0.5) is 0 Å². The van der Waals surface area contributed by atoms with E-state index in [1.165, 1.54) is 0 Å². The van der Waals surface area contributed by atoms with Gasteiger partial charge in [-0.05, 0) is 31.4 Å². The normalized spacial score (nSPS) is 18.9. The number of likely N-dealkylation sites (tertiary alicyclic amines) is 1. The van der Waals surface area contributed by atoms with Crippen LogP contribution in [0.1, 0.15) is 18.4 Å². The van der Waals surface area contributed by atoms with Gasteiger partial charge in [-0.3, -0.25) is 4.79 Å². The van der Waals surface area contributed by atoms with E-state index in [9.17, 15) is 4.79 Å². The Bertz CT molecular complexity index is 447. The van der Waals surface area contributed by atoms with Crippen molar-refractivity contribution in [1.29, 1.82) is 0 Å². The van der Waals surface area contributed by atoms with Crippen molar-refractivity contribution in [3.8, 4) is 5.75 Å². The van der Waals surface area contributed by atoms with Gasteiger partial charge in [-0.1, -0.05) is 18.2 Å². The zero-order valence-corrected chi connectivity index (χ0v) is 12.3. The second-order valence-corrected chi connectivity index (χ2v) is 5.36. The molecule has 2 rings (SSSR count). The van der Waals surface area contributed by atoms with Gasteiger partial charge in [-0.2, -0.15) is 0 Å². The van der Waals surface area contributed by atoms with Gasteiger partial charge in [0.15, 0.2) is 0 Å². The van der Waals surface area contributed by atoms with E-state index in [0.717, 1.165) is 37.2 Å². The summed E-state index contributed by atoms with van der Waals surface area (Å²) in [7, 11) is 1.56. The third-order valence-corrected chi connectivity index (χ3v) is 3.71. The third kappa shape index (κ3) is 3.97. The van der Waals surface area contributed by atoms with E-state index in [2.05, 4.69) is 0 Å². The highest BCUT2D eigenvalue weighted by molar-refractivity contribution is 5.77. The molecule has 1 atom stereocenters. The zero-order valence-electron chi connectivity index (χ0n) is 12.3. The van der Waals surface area contributed by atoms with Gasteiger partial charge in [-0.25, -0.2) is 0 Å². The van der Waals surface area contributed by atoms with Crippen LogP contribution in [0.2, 0.25) is 0 Å². The Hall–Kier alpha value is -1.55. The van der Waals surface area contributed by atoms with Crippen molar-refractivity contribution >= 4 is 5.91 Å². The van der Waals surface area contributed by atoms with Gasteiger partial charge in [0, 0.05) is 26.1 Å². The molecule has 0 N–H and O–H groups in total. The maximum Gasteiger partial charge on any atom is 0.248 e. The first-order valence-corrected chi connectivity index (χ1v) is 7.16. The molecule has 1 aromatic carbocycles. The van der Waals surface area contributed by atoms with E-state index in [1.54, 1.807) is 7.11 Å². The van der Waals surface area contributed by atoms with E-state index in [4.69, 9.17) is 9.47 Å². The molecule has 0 aromatic heterocycles. The van der Waals surface area contributed by atoms with Gasteiger partial charge in [0.05, 0.1) is 6.61 Å². The first kappa shape index (κ1) is 14.9. The summed E-state index contributed by atoms with van der Waals surface area (Å²) >= 11 is 0. The number of nitrogens with zero attached hydrogens (tertiary/aromatic N) is 1. The van der Waals surface area contributed by atoms with Gasteiger partial charge in [0.25, 0.3) is 0 Å². The fourth-order valence-electron chi connectivity index (χ4n) is 2.57. The molecular formula is C16H23NO3. The predicted octanol–water partition coefficient (Wildman–Crippen LogP) is 2.26. The highest BCUT2D eigenvalue weighted by atomic mass is 16.5. The maximum absolute atomic E-state index is 11.8. The van der Waals surface area contributed by atoms with Crippen LogP contribution in [0.5, 0.6) is 5.75 Å². The molecule has 110 valence electrons. The van der Waals surface area contributed by atoms with E-state index in [0.29, 0.717) is 12.5 Å². The molecule has 4 nitrogen and oxygen atoms in total. The number of benzene rings is 1. The van der Waals surface area contributed by atoms with Crippen molar-refractivity contribution in [1.82, 2.24) is 4.90 Å². The van der Waals surface area contributed by atoms with Crippen molar-refractivity contribution in [3.63, 3.8) is 0 Å². The Morgan fingerprint density at radius 3 is 2.95 bits per heavy atom. The molecule has 0 bridgehead atoms. The second kappa shape index (κ2) is 7.29. The van der Waals surface area contributed by atoms with Crippen molar-refractivity contribution in [3.05, 3.63) is 29.8 Å². The number of piperidine rings is 1. The molecule has 0 radical (unpaired) electrons. The molecule has 4 heteroatoms. The summed E-state index contributed by atoms with van der Waals surface area (Å²) in [6.07, 6.45) is 2.15. The van der Waals surface area contributed by atoms with Gasteiger partial charge in [0.1, 0.15) is 12.4 Å². The maximum atomic E-state index is 11.8. The molecule has 20 heavy (non-hydrogen) atoms. The van der Waals surface area contributed by atoms with E-state index in [1.807, 2.05) is 36.1 Å². The molecule has 1 fully saturated rings. The lowest BCUT2D eigenvalue weighted by molar-refractivity contribution is -0.137. The minimum absolute atomic E-state index is 0.0769. The largest absolute Gasteiger partial charge is 0.493 e. The average Bonchev–Trinajstić information content (AvgIpc) is 2.47. The quantitative estimate of drug-likeness (QED) is 0.828.